The van der Waals surface area contributed by atoms with E-state index in [1.165, 1.54) is 15.6 Å². The lowest BCUT2D eigenvalue weighted by molar-refractivity contribution is 0.102. The molecule has 1 saturated heterocycles. The van der Waals surface area contributed by atoms with Gasteiger partial charge in [-0.05, 0) is 30.4 Å². The summed E-state index contributed by atoms with van der Waals surface area (Å²) in [6.45, 7) is 2.52. The summed E-state index contributed by atoms with van der Waals surface area (Å²) in [5, 5.41) is 1.78. The van der Waals surface area contributed by atoms with E-state index in [2.05, 4.69) is 0 Å². The Hall–Kier alpha value is -0.140. The minimum absolute atomic E-state index is 0.0581. The first kappa shape index (κ1) is 14.3. The highest BCUT2D eigenvalue weighted by Gasteiger charge is 2.35. The van der Waals surface area contributed by atoms with Gasteiger partial charge in [-0.1, -0.05) is 0 Å². The van der Waals surface area contributed by atoms with Crippen LogP contribution in [0.2, 0.25) is 0 Å². The summed E-state index contributed by atoms with van der Waals surface area (Å²) < 4.78 is 32.1. The predicted molar refractivity (Wildman–Crippen MR) is 72.6 cm³/mol. The Morgan fingerprint density at radius 1 is 1.61 bits per heavy atom. The maximum absolute atomic E-state index is 12.4. The van der Waals surface area contributed by atoms with Crippen LogP contribution in [-0.2, 0) is 20.6 Å². The van der Waals surface area contributed by atoms with Crippen molar-refractivity contribution in [2.24, 2.45) is 0 Å². The molecule has 4 nitrogen and oxygen atoms in total. The molecule has 2 rings (SSSR count). The van der Waals surface area contributed by atoms with Crippen LogP contribution in [0.4, 0.5) is 0 Å². The number of alkyl halides is 1. The van der Waals surface area contributed by atoms with E-state index in [0.29, 0.717) is 16.7 Å². The standard InChI is InChI=1S/C11H16ClNO3S2/c1-8-10(3-4-16-8)13(2)18(14,15)11-5-9(6-12)7-17-11/h5,7-8,10H,3-4,6H2,1-2H3. The molecule has 1 aliphatic heterocycles. The average Bonchev–Trinajstić information content (AvgIpc) is 2.96. The summed E-state index contributed by atoms with van der Waals surface area (Å²) in [5.41, 5.74) is 0.837. The van der Waals surface area contributed by atoms with E-state index >= 15 is 0 Å². The second-order valence-corrected chi connectivity index (χ2v) is 7.76. The van der Waals surface area contributed by atoms with Crippen molar-refractivity contribution in [3.05, 3.63) is 17.0 Å². The minimum atomic E-state index is -3.43. The van der Waals surface area contributed by atoms with Crippen LogP contribution in [0.3, 0.4) is 0 Å². The Balaban J connectivity index is 2.24. The molecule has 18 heavy (non-hydrogen) atoms. The lowest BCUT2D eigenvalue weighted by Crippen LogP contribution is -2.40. The fourth-order valence-electron chi connectivity index (χ4n) is 2.08. The van der Waals surface area contributed by atoms with E-state index in [1.807, 2.05) is 6.92 Å². The molecule has 2 atom stereocenters. The number of halogens is 1. The summed E-state index contributed by atoms with van der Waals surface area (Å²) in [5.74, 6) is 0.332. The number of nitrogens with zero attached hydrogens (tertiary/aromatic N) is 1. The van der Waals surface area contributed by atoms with Gasteiger partial charge in [0.25, 0.3) is 10.0 Å². The molecule has 0 spiro atoms. The van der Waals surface area contributed by atoms with Crippen LogP contribution in [0, 0.1) is 0 Å². The van der Waals surface area contributed by atoms with Crippen molar-refractivity contribution >= 4 is 33.0 Å². The topological polar surface area (TPSA) is 46.6 Å². The van der Waals surface area contributed by atoms with Gasteiger partial charge in [0.2, 0.25) is 0 Å². The van der Waals surface area contributed by atoms with Gasteiger partial charge >= 0.3 is 0 Å². The molecule has 0 aromatic carbocycles. The Labute approximate surface area is 117 Å². The normalized spacial score (nSPS) is 24.9. The maximum Gasteiger partial charge on any atom is 0.252 e. The second-order valence-electron chi connectivity index (χ2n) is 4.36. The molecule has 0 radical (unpaired) electrons. The van der Waals surface area contributed by atoms with Crippen molar-refractivity contribution in [1.82, 2.24) is 4.31 Å². The van der Waals surface area contributed by atoms with Crippen LogP contribution >= 0.6 is 22.9 Å². The number of likely N-dealkylation sites (N-methyl/N-ethyl adjacent to an activating group) is 1. The lowest BCUT2D eigenvalue weighted by atomic mass is 10.2. The number of sulfonamides is 1. The van der Waals surface area contributed by atoms with E-state index in [9.17, 15) is 8.42 Å². The Morgan fingerprint density at radius 2 is 2.33 bits per heavy atom. The molecule has 2 heterocycles. The predicted octanol–water partition coefficient (Wildman–Crippen LogP) is 2.28. The quantitative estimate of drug-likeness (QED) is 0.802. The van der Waals surface area contributed by atoms with Gasteiger partial charge in [-0.25, -0.2) is 8.42 Å². The van der Waals surface area contributed by atoms with Crippen molar-refractivity contribution in [2.45, 2.75) is 35.6 Å². The van der Waals surface area contributed by atoms with Crippen LogP contribution in [0.1, 0.15) is 18.9 Å². The second kappa shape index (κ2) is 5.46. The highest BCUT2D eigenvalue weighted by atomic mass is 35.5. The van der Waals surface area contributed by atoms with Crippen LogP contribution < -0.4 is 0 Å². The molecular formula is C11H16ClNO3S2. The first-order valence-electron chi connectivity index (χ1n) is 5.70. The van der Waals surface area contributed by atoms with Gasteiger partial charge in [-0.3, -0.25) is 0 Å². The molecule has 0 amide bonds. The molecule has 0 saturated carbocycles. The van der Waals surface area contributed by atoms with Crippen LogP contribution in [0.15, 0.2) is 15.7 Å². The number of hydrogen-bond acceptors (Lipinski definition) is 4. The largest absolute Gasteiger partial charge is 0.377 e. The van der Waals surface area contributed by atoms with Crippen molar-refractivity contribution in [1.29, 1.82) is 0 Å². The van der Waals surface area contributed by atoms with E-state index in [4.69, 9.17) is 16.3 Å². The van der Waals surface area contributed by atoms with Crippen LogP contribution in [-0.4, -0.2) is 38.5 Å². The van der Waals surface area contributed by atoms with Gasteiger partial charge in [0.1, 0.15) is 4.21 Å². The summed E-state index contributed by atoms with van der Waals surface area (Å²) in [4.78, 5) is 0. The van der Waals surface area contributed by atoms with E-state index < -0.39 is 10.0 Å². The summed E-state index contributed by atoms with van der Waals surface area (Å²) in [6, 6.07) is 1.56. The zero-order valence-electron chi connectivity index (χ0n) is 10.3. The zero-order chi connectivity index (χ0) is 13.3. The van der Waals surface area contributed by atoms with Crippen molar-refractivity contribution in [3.63, 3.8) is 0 Å². The summed E-state index contributed by atoms with van der Waals surface area (Å²) in [7, 11) is -1.82. The molecule has 1 aromatic heterocycles. The number of hydrogen-bond donors (Lipinski definition) is 0. The van der Waals surface area contributed by atoms with Gasteiger partial charge in [0.05, 0.1) is 12.1 Å². The van der Waals surface area contributed by atoms with Crippen LogP contribution in [0.25, 0.3) is 0 Å². The van der Waals surface area contributed by atoms with Gasteiger partial charge in [0, 0.05) is 19.5 Å². The number of thiophene rings is 1. The van der Waals surface area contributed by atoms with Gasteiger partial charge in [0.15, 0.2) is 0 Å². The van der Waals surface area contributed by atoms with E-state index in [0.717, 1.165) is 12.0 Å². The third-order valence-electron chi connectivity index (χ3n) is 3.22. The third-order valence-corrected chi connectivity index (χ3v) is 6.88. The van der Waals surface area contributed by atoms with Crippen molar-refractivity contribution in [2.75, 3.05) is 13.7 Å². The molecule has 1 aliphatic rings. The molecule has 0 bridgehead atoms. The maximum atomic E-state index is 12.4. The zero-order valence-corrected chi connectivity index (χ0v) is 12.7. The smallest absolute Gasteiger partial charge is 0.252 e. The first-order valence-corrected chi connectivity index (χ1v) is 8.55. The van der Waals surface area contributed by atoms with Gasteiger partial charge in [-0.15, -0.1) is 22.9 Å². The number of ether oxygens (including phenoxy) is 1. The molecule has 102 valence electrons. The van der Waals surface area contributed by atoms with Gasteiger partial charge < -0.3 is 4.74 Å². The average molecular weight is 310 g/mol. The highest BCUT2D eigenvalue weighted by molar-refractivity contribution is 7.91. The van der Waals surface area contributed by atoms with Crippen molar-refractivity contribution < 1.29 is 13.2 Å². The monoisotopic (exact) mass is 309 g/mol. The molecule has 1 fully saturated rings. The van der Waals surface area contributed by atoms with Gasteiger partial charge in [-0.2, -0.15) is 4.31 Å². The molecule has 1 aromatic rings. The molecule has 2 unspecified atom stereocenters. The Kier molecular flexibility index (Phi) is 4.33. The fourth-order valence-corrected chi connectivity index (χ4v) is 5.16. The molecular weight excluding hydrogens is 294 g/mol. The van der Waals surface area contributed by atoms with E-state index in [1.54, 1.807) is 18.5 Å². The Bertz CT molecular complexity index is 514. The van der Waals surface area contributed by atoms with E-state index in [-0.39, 0.29) is 12.1 Å². The fraction of sp³-hybridized carbons (Fsp3) is 0.636. The number of rotatable bonds is 4. The molecule has 7 heteroatoms. The molecule has 0 aliphatic carbocycles. The third kappa shape index (κ3) is 2.58. The summed E-state index contributed by atoms with van der Waals surface area (Å²) >= 11 is 6.91. The van der Waals surface area contributed by atoms with Crippen LogP contribution in [0.5, 0.6) is 0 Å². The lowest BCUT2D eigenvalue weighted by Gasteiger charge is -2.25. The Morgan fingerprint density at radius 3 is 2.83 bits per heavy atom. The first-order chi connectivity index (χ1) is 8.46. The van der Waals surface area contributed by atoms with Crippen molar-refractivity contribution in [3.8, 4) is 0 Å². The highest BCUT2D eigenvalue weighted by Crippen LogP contribution is 2.28. The minimum Gasteiger partial charge on any atom is -0.377 e. The SMILES string of the molecule is CC1OCCC1N(C)S(=O)(=O)c1cc(CCl)cs1. The summed E-state index contributed by atoms with van der Waals surface area (Å²) in [6.07, 6.45) is 0.683. The molecule has 0 N–H and O–H groups in total.